The molecule has 0 saturated carbocycles. The summed E-state index contributed by atoms with van der Waals surface area (Å²) < 4.78 is 22.1. The fraction of sp³-hybridized carbons (Fsp3) is 1.00. The van der Waals surface area contributed by atoms with Gasteiger partial charge >= 0.3 is 0 Å². The smallest absolute Gasteiger partial charge is 0.147 e. The molecule has 0 rings (SSSR count). The molecule has 4 heteroatoms. The van der Waals surface area contributed by atoms with E-state index in [4.69, 9.17) is 0 Å². The van der Waals surface area contributed by atoms with Gasteiger partial charge in [-0.15, -0.1) is 0 Å². The molecule has 0 aromatic rings. The first-order chi connectivity index (χ1) is 7.40. The van der Waals surface area contributed by atoms with Crippen LogP contribution in [0.4, 0.5) is 0 Å². The average molecular weight is 249 g/mol. The molecule has 0 amide bonds. The summed E-state index contributed by atoms with van der Waals surface area (Å²) in [6, 6.07) is 0.465. The molecule has 0 radical (unpaired) electrons. The molecule has 0 aliphatic rings. The fourth-order valence-corrected chi connectivity index (χ4v) is 2.46. The van der Waals surface area contributed by atoms with Crippen molar-refractivity contribution >= 4 is 9.84 Å². The average Bonchev–Trinajstić information content (AvgIpc) is 2.20. The zero-order valence-corrected chi connectivity index (χ0v) is 11.9. The topological polar surface area (TPSA) is 46.2 Å². The highest BCUT2D eigenvalue weighted by atomic mass is 32.2. The van der Waals surface area contributed by atoms with Gasteiger partial charge in [0, 0.05) is 18.1 Å². The molecular weight excluding hydrogens is 222 g/mol. The van der Waals surface area contributed by atoms with E-state index < -0.39 is 9.84 Å². The lowest BCUT2D eigenvalue weighted by Gasteiger charge is -2.24. The van der Waals surface area contributed by atoms with Crippen LogP contribution in [0.1, 0.15) is 46.5 Å². The lowest BCUT2D eigenvalue weighted by Crippen LogP contribution is -2.35. The molecule has 0 aliphatic carbocycles. The molecule has 0 fully saturated rings. The number of hydrogen-bond donors (Lipinski definition) is 1. The van der Waals surface area contributed by atoms with Crippen molar-refractivity contribution in [1.29, 1.82) is 0 Å². The molecule has 0 bridgehead atoms. The van der Waals surface area contributed by atoms with E-state index in [0.717, 1.165) is 32.2 Å². The molecule has 16 heavy (non-hydrogen) atoms. The van der Waals surface area contributed by atoms with Crippen LogP contribution in [0.25, 0.3) is 0 Å². The van der Waals surface area contributed by atoms with Gasteiger partial charge in [-0.1, -0.05) is 27.2 Å². The van der Waals surface area contributed by atoms with E-state index in [9.17, 15) is 8.42 Å². The standard InChI is InChI=1S/C12H27NO2S/c1-5-9-13-12(11(3)6-2)8-7-10-16(4,14)15/h11-13H,5-10H2,1-4H3. The maximum absolute atomic E-state index is 11.0. The molecule has 0 aromatic carbocycles. The summed E-state index contributed by atoms with van der Waals surface area (Å²) in [6.45, 7) is 7.58. The first-order valence-electron chi connectivity index (χ1n) is 6.31. The van der Waals surface area contributed by atoms with Crippen molar-refractivity contribution < 1.29 is 8.42 Å². The monoisotopic (exact) mass is 249 g/mol. The van der Waals surface area contributed by atoms with E-state index >= 15 is 0 Å². The summed E-state index contributed by atoms with van der Waals surface area (Å²) in [7, 11) is -2.80. The highest BCUT2D eigenvalue weighted by Gasteiger charge is 2.15. The van der Waals surface area contributed by atoms with Gasteiger partial charge in [-0.05, 0) is 31.7 Å². The molecule has 3 nitrogen and oxygen atoms in total. The third-order valence-corrected chi connectivity index (χ3v) is 4.05. The van der Waals surface area contributed by atoms with E-state index in [-0.39, 0.29) is 0 Å². The molecule has 0 heterocycles. The van der Waals surface area contributed by atoms with Gasteiger partial charge in [0.05, 0.1) is 0 Å². The SMILES string of the molecule is CCCNC(CCCS(C)(=O)=O)C(C)CC. The van der Waals surface area contributed by atoms with Gasteiger partial charge < -0.3 is 5.32 Å². The van der Waals surface area contributed by atoms with Crippen LogP contribution in [-0.4, -0.2) is 33.0 Å². The molecule has 1 N–H and O–H groups in total. The number of nitrogens with one attached hydrogen (secondary N) is 1. The van der Waals surface area contributed by atoms with Crippen LogP contribution in [0.15, 0.2) is 0 Å². The van der Waals surface area contributed by atoms with Crippen molar-refractivity contribution in [3.8, 4) is 0 Å². The third-order valence-electron chi connectivity index (χ3n) is 3.02. The second kappa shape index (κ2) is 8.07. The van der Waals surface area contributed by atoms with Gasteiger partial charge in [0.2, 0.25) is 0 Å². The summed E-state index contributed by atoms with van der Waals surface area (Å²) in [5.41, 5.74) is 0. The van der Waals surface area contributed by atoms with Crippen molar-refractivity contribution in [2.75, 3.05) is 18.6 Å². The zero-order chi connectivity index (χ0) is 12.6. The highest BCUT2D eigenvalue weighted by molar-refractivity contribution is 7.90. The van der Waals surface area contributed by atoms with Gasteiger partial charge in [0.1, 0.15) is 9.84 Å². The Balaban J connectivity index is 4.01. The highest BCUT2D eigenvalue weighted by Crippen LogP contribution is 2.13. The molecule has 0 aliphatic heterocycles. The van der Waals surface area contributed by atoms with E-state index in [1.54, 1.807) is 0 Å². The Morgan fingerprint density at radius 2 is 1.88 bits per heavy atom. The molecule has 0 spiro atoms. The Bertz CT molecular complexity index is 262. The number of sulfone groups is 1. The second-order valence-electron chi connectivity index (χ2n) is 4.72. The van der Waals surface area contributed by atoms with Crippen LogP contribution in [0.5, 0.6) is 0 Å². The van der Waals surface area contributed by atoms with Crippen molar-refractivity contribution in [2.24, 2.45) is 5.92 Å². The maximum Gasteiger partial charge on any atom is 0.147 e. The van der Waals surface area contributed by atoms with Crippen LogP contribution in [-0.2, 0) is 9.84 Å². The van der Waals surface area contributed by atoms with Crippen LogP contribution < -0.4 is 5.32 Å². The molecule has 0 saturated heterocycles. The Labute approximate surface area is 101 Å². The van der Waals surface area contributed by atoms with Gasteiger partial charge in [-0.3, -0.25) is 0 Å². The second-order valence-corrected chi connectivity index (χ2v) is 6.98. The van der Waals surface area contributed by atoms with Crippen molar-refractivity contribution in [3.05, 3.63) is 0 Å². The van der Waals surface area contributed by atoms with E-state index in [1.807, 2.05) is 0 Å². The predicted octanol–water partition coefficient (Wildman–Crippen LogP) is 2.23. The quantitative estimate of drug-likeness (QED) is 0.681. The molecular formula is C12H27NO2S. The zero-order valence-electron chi connectivity index (χ0n) is 11.1. The normalized spacial score (nSPS) is 16.0. The number of rotatable bonds is 9. The Kier molecular flexibility index (Phi) is 8.02. The van der Waals surface area contributed by atoms with Crippen LogP contribution in [0, 0.1) is 5.92 Å². The van der Waals surface area contributed by atoms with Crippen molar-refractivity contribution in [3.63, 3.8) is 0 Å². The molecule has 0 aromatic heterocycles. The first kappa shape index (κ1) is 15.9. The van der Waals surface area contributed by atoms with Gasteiger partial charge in [-0.25, -0.2) is 8.42 Å². The van der Waals surface area contributed by atoms with E-state index in [2.05, 4.69) is 26.1 Å². The Morgan fingerprint density at radius 3 is 2.31 bits per heavy atom. The van der Waals surface area contributed by atoms with Gasteiger partial charge in [0.25, 0.3) is 0 Å². The molecule has 2 unspecified atom stereocenters. The lowest BCUT2D eigenvalue weighted by atomic mass is 9.95. The summed E-state index contributed by atoms with van der Waals surface area (Å²) >= 11 is 0. The van der Waals surface area contributed by atoms with Crippen LogP contribution >= 0.6 is 0 Å². The predicted molar refractivity (Wildman–Crippen MR) is 70.5 cm³/mol. The third kappa shape index (κ3) is 8.11. The summed E-state index contributed by atoms with van der Waals surface area (Å²) in [4.78, 5) is 0. The van der Waals surface area contributed by atoms with E-state index in [1.165, 1.54) is 6.26 Å². The Hall–Kier alpha value is -0.0900. The molecule has 2 atom stereocenters. The van der Waals surface area contributed by atoms with Crippen LogP contribution in [0.2, 0.25) is 0 Å². The largest absolute Gasteiger partial charge is 0.314 e. The van der Waals surface area contributed by atoms with Crippen LogP contribution in [0.3, 0.4) is 0 Å². The molecule has 98 valence electrons. The maximum atomic E-state index is 11.0. The number of hydrogen-bond acceptors (Lipinski definition) is 3. The van der Waals surface area contributed by atoms with Gasteiger partial charge in [0.15, 0.2) is 0 Å². The fourth-order valence-electron chi connectivity index (χ4n) is 1.77. The van der Waals surface area contributed by atoms with Crippen molar-refractivity contribution in [2.45, 2.75) is 52.5 Å². The summed E-state index contributed by atoms with van der Waals surface area (Å²) in [5.74, 6) is 0.930. The lowest BCUT2D eigenvalue weighted by molar-refractivity contribution is 0.346. The van der Waals surface area contributed by atoms with E-state index in [0.29, 0.717) is 17.7 Å². The minimum atomic E-state index is -2.80. The van der Waals surface area contributed by atoms with Gasteiger partial charge in [-0.2, -0.15) is 0 Å². The van der Waals surface area contributed by atoms with Crippen molar-refractivity contribution in [1.82, 2.24) is 5.32 Å². The minimum absolute atomic E-state index is 0.313. The first-order valence-corrected chi connectivity index (χ1v) is 8.37. The Morgan fingerprint density at radius 1 is 1.25 bits per heavy atom. The summed E-state index contributed by atoms with van der Waals surface area (Å²) in [6.07, 6.45) is 5.30. The minimum Gasteiger partial charge on any atom is -0.314 e. The summed E-state index contributed by atoms with van der Waals surface area (Å²) in [5, 5.41) is 3.51.